The molecule has 3 N–H and O–H groups in total. The van der Waals surface area contributed by atoms with E-state index in [1.54, 1.807) is 12.1 Å². The van der Waals surface area contributed by atoms with Crippen LogP contribution in [0, 0.1) is 17.6 Å². The highest BCUT2D eigenvalue weighted by atomic mass is 32.1. The summed E-state index contributed by atoms with van der Waals surface area (Å²) in [6.07, 6.45) is 3.69. The number of aryl methyl sites for hydroxylation is 1. The number of benzene rings is 2. The number of carbonyl (C=O) groups excluding carboxylic acids is 1. The number of hydrogen-bond acceptors (Lipinski definition) is 5. The van der Waals surface area contributed by atoms with E-state index in [-0.39, 0.29) is 5.92 Å². The lowest BCUT2D eigenvalue weighted by Crippen LogP contribution is -2.20. The fourth-order valence-corrected chi connectivity index (χ4v) is 4.61. The molecular weight excluding hydrogens is 496 g/mol. The van der Waals surface area contributed by atoms with E-state index in [9.17, 15) is 18.4 Å². The minimum atomic E-state index is -0.619. The van der Waals surface area contributed by atoms with E-state index in [4.69, 9.17) is 5.11 Å². The second-order valence-corrected chi connectivity index (χ2v) is 8.58. The molecule has 2 aromatic heterocycles. The number of halogens is 2. The molecule has 0 unspecified atom stereocenters. The summed E-state index contributed by atoms with van der Waals surface area (Å²) in [5.74, 6) is -1.13. The van der Waals surface area contributed by atoms with Crippen molar-refractivity contribution in [2.24, 2.45) is 11.7 Å². The van der Waals surface area contributed by atoms with Gasteiger partial charge in [-0.1, -0.05) is 20.3 Å². The van der Waals surface area contributed by atoms with Crippen molar-refractivity contribution in [3.63, 3.8) is 0 Å². The van der Waals surface area contributed by atoms with Crippen LogP contribution in [-0.2, 0) is 11.3 Å². The minimum Gasteiger partial charge on any atom is -0.481 e. The fourth-order valence-electron chi connectivity index (χ4n) is 3.79. The number of fused-ring (bicyclic) bond motifs is 1. The van der Waals surface area contributed by atoms with Crippen LogP contribution in [0.5, 0.6) is 0 Å². The van der Waals surface area contributed by atoms with Crippen LogP contribution in [-0.4, -0.2) is 34.0 Å². The van der Waals surface area contributed by atoms with Gasteiger partial charge in [0, 0.05) is 40.2 Å². The maximum absolute atomic E-state index is 14.3. The molecule has 37 heavy (non-hydrogen) atoms. The number of carboxylic acid groups (broad SMARTS) is 1. The van der Waals surface area contributed by atoms with Crippen molar-refractivity contribution in [2.45, 2.75) is 46.6 Å². The Kier molecular flexibility index (Phi) is 11.6. The van der Waals surface area contributed by atoms with Crippen molar-refractivity contribution < 1.29 is 23.5 Å². The van der Waals surface area contributed by atoms with E-state index in [1.807, 2.05) is 42.2 Å². The molecule has 0 bridgehead atoms. The number of carbonyl (C=O) groups is 2. The first-order valence-electron chi connectivity index (χ1n) is 12.2. The average molecular weight is 530 g/mol. The van der Waals surface area contributed by atoms with E-state index in [0.717, 1.165) is 42.7 Å². The summed E-state index contributed by atoms with van der Waals surface area (Å²) < 4.78 is 29.6. The Hall–Kier alpha value is -3.43. The average Bonchev–Trinajstić information content (AvgIpc) is 3.49. The maximum Gasteiger partial charge on any atom is 0.306 e. The zero-order valence-electron chi connectivity index (χ0n) is 21.5. The highest BCUT2D eigenvalue weighted by Gasteiger charge is 2.24. The van der Waals surface area contributed by atoms with Crippen molar-refractivity contribution in [1.29, 1.82) is 0 Å². The molecule has 5 rings (SSSR count). The number of carboxylic acids is 1. The molecule has 1 aliphatic rings. The first-order chi connectivity index (χ1) is 17.9. The van der Waals surface area contributed by atoms with Crippen LogP contribution < -0.4 is 5.73 Å². The van der Waals surface area contributed by atoms with Crippen LogP contribution in [0.2, 0.25) is 0 Å². The lowest BCUT2D eigenvalue weighted by atomic mass is 9.86. The predicted molar refractivity (Wildman–Crippen MR) is 146 cm³/mol. The highest BCUT2D eigenvalue weighted by Crippen LogP contribution is 2.37. The third kappa shape index (κ3) is 6.87. The lowest BCUT2D eigenvalue weighted by molar-refractivity contribution is -0.144. The number of imidazole rings is 1. The molecule has 1 saturated carbocycles. The molecule has 0 aliphatic heterocycles. The lowest BCUT2D eigenvalue weighted by Gasteiger charge is -2.19. The third-order valence-electron chi connectivity index (χ3n) is 5.80. The van der Waals surface area contributed by atoms with Crippen LogP contribution >= 0.6 is 11.3 Å². The molecule has 0 radical (unpaired) electrons. The van der Waals surface area contributed by atoms with Crippen LogP contribution in [0.25, 0.3) is 33.5 Å². The molecule has 4 aromatic rings. The standard InChI is InChI=1S/C20H14F2N2OS.C5H8O2.C2H6.CH5N/c1-2-24-19-6-3-12(9-25)7-18(19)23-20(24)16-11-26-10-15(16)14-5-4-13(21)8-17(14)22;6-5(7)4-2-1-3-4;2*1-2/h3-11H,2H2,1H3;4H,1-3H2,(H,6,7);1-2H3;2H2,1H3. The number of aldehydes is 1. The molecule has 9 heteroatoms. The molecule has 1 aliphatic carbocycles. The van der Waals surface area contributed by atoms with Gasteiger partial charge in [0.15, 0.2) is 0 Å². The summed E-state index contributed by atoms with van der Waals surface area (Å²) in [5.41, 5.74) is 8.47. The quantitative estimate of drug-likeness (QED) is 0.271. The van der Waals surface area contributed by atoms with Crippen LogP contribution in [0.1, 0.15) is 50.4 Å². The Morgan fingerprint density at radius 3 is 2.30 bits per heavy atom. The van der Waals surface area contributed by atoms with Crippen molar-refractivity contribution in [2.75, 3.05) is 7.05 Å². The molecule has 0 amide bonds. The second-order valence-electron chi connectivity index (χ2n) is 7.84. The van der Waals surface area contributed by atoms with E-state index in [1.165, 1.54) is 30.5 Å². The maximum atomic E-state index is 14.3. The zero-order chi connectivity index (χ0) is 27.5. The monoisotopic (exact) mass is 529 g/mol. The van der Waals surface area contributed by atoms with Gasteiger partial charge in [0.1, 0.15) is 23.7 Å². The van der Waals surface area contributed by atoms with Gasteiger partial charge in [-0.3, -0.25) is 9.59 Å². The summed E-state index contributed by atoms with van der Waals surface area (Å²) >= 11 is 1.44. The van der Waals surface area contributed by atoms with E-state index in [2.05, 4.69) is 10.7 Å². The summed E-state index contributed by atoms with van der Waals surface area (Å²) in [7, 11) is 1.50. The van der Waals surface area contributed by atoms with Crippen molar-refractivity contribution in [3.8, 4) is 22.5 Å². The van der Waals surface area contributed by atoms with Gasteiger partial charge in [-0.25, -0.2) is 13.8 Å². The number of hydrogen-bond donors (Lipinski definition) is 2. The second kappa shape index (κ2) is 14.3. The van der Waals surface area contributed by atoms with Gasteiger partial charge >= 0.3 is 5.97 Å². The molecule has 198 valence electrons. The normalized spacial score (nSPS) is 12.2. The summed E-state index contributed by atoms with van der Waals surface area (Å²) in [4.78, 5) is 25.7. The van der Waals surface area contributed by atoms with Crippen molar-refractivity contribution in [1.82, 2.24) is 9.55 Å². The van der Waals surface area contributed by atoms with Gasteiger partial charge in [-0.05, 0) is 62.5 Å². The Balaban J connectivity index is 0.000000371. The molecule has 0 atom stereocenters. The Bertz CT molecular complexity index is 1330. The first kappa shape index (κ1) is 29.8. The van der Waals surface area contributed by atoms with Crippen molar-refractivity contribution >= 4 is 34.6 Å². The number of aliphatic carboxylic acids is 1. The number of nitrogens with zero attached hydrogens (tertiary/aromatic N) is 2. The molecule has 6 nitrogen and oxygen atoms in total. The first-order valence-corrected chi connectivity index (χ1v) is 13.1. The summed E-state index contributed by atoms with van der Waals surface area (Å²) in [6.45, 7) is 6.68. The number of rotatable bonds is 5. The highest BCUT2D eigenvalue weighted by molar-refractivity contribution is 7.08. The molecule has 1 fully saturated rings. The van der Waals surface area contributed by atoms with Crippen LogP contribution in [0.15, 0.2) is 47.2 Å². The molecule has 0 saturated heterocycles. The fraction of sp³-hybridized carbons (Fsp3) is 0.321. The minimum absolute atomic E-state index is 0.000000000000000444. The van der Waals surface area contributed by atoms with Gasteiger partial charge < -0.3 is 15.4 Å². The van der Waals surface area contributed by atoms with Gasteiger partial charge in [-0.15, -0.1) is 0 Å². The SMILES string of the molecule is CC.CCn1c(-c2cscc2-c2ccc(F)cc2F)nc2cc(C=O)ccc21.CN.O=C(O)C1CCC1. The molecular formula is C28H33F2N3O3S. The van der Waals surface area contributed by atoms with Gasteiger partial charge in [0.2, 0.25) is 0 Å². The smallest absolute Gasteiger partial charge is 0.306 e. The molecule has 0 spiro atoms. The number of aromatic nitrogens is 2. The van der Waals surface area contributed by atoms with Crippen LogP contribution in [0.4, 0.5) is 8.78 Å². The van der Waals surface area contributed by atoms with E-state index < -0.39 is 17.6 Å². The Labute approximate surface area is 219 Å². The Morgan fingerprint density at radius 2 is 1.78 bits per heavy atom. The van der Waals surface area contributed by atoms with E-state index >= 15 is 0 Å². The van der Waals surface area contributed by atoms with Gasteiger partial charge in [0.25, 0.3) is 0 Å². The summed E-state index contributed by atoms with van der Waals surface area (Å²) in [6, 6.07) is 8.93. The number of thiophene rings is 1. The van der Waals surface area contributed by atoms with Gasteiger partial charge in [0.05, 0.1) is 17.0 Å². The largest absolute Gasteiger partial charge is 0.481 e. The van der Waals surface area contributed by atoms with E-state index in [0.29, 0.717) is 34.6 Å². The Morgan fingerprint density at radius 1 is 1.11 bits per heavy atom. The number of nitrogens with two attached hydrogens (primary N) is 1. The topological polar surface area (TPSA) is 98.2 Å². The molecule has 2 aromatic carbocycles. The zero-order valence-corrected chi connectivity index (χ0v) is 22.3. The summed E-state index contributed by atoms with van der Waals surface area (Å²) in [5, 5.41) is 12.0. The molecule has 2 heterocycles. The van der Waals surface area contributed by atoms with Crippen molar-refractivity contribution in [3.05, 3.63) is 64.4 Å². The third-order valence-corrected chi connectivity index (χ3v) is 6.55. The van der Waals surface area contributed by atoms with Crippen LogP contribution in [0.3, 0.4) is 0 Å². The predicted octanol–water partition coefficient (Wildman–Crippen LogP) is 7.01. The van der Waals surface area contributed by atoms with Gasteiger partial charge in [-0.2, -0.15) is 11.3 Å².